The fourth-order valence-electron chi connectivity index (χ4n) is 2.92. The maximum atomic E-state index is 12.8. The SMILES string of the molecule is CC1=C(C(=O)O)C(c2cccc([N+](=O)[O-])c2)C([S+]([O-])C(C)C)=C(C)N1. The molecule has 0 fully saturated rings. The molecule has 0 spiro atoms. The van der Waals surface area contributed by atoms with Crippen LogP contribution >= 0.6 is 0 Å². The Bertz CT molecular complexity index is 785. The van der Waals surface area contributed by atoms with Crippen molar-refractivity contribution in [2.45, 2.75) is 38.9 Å². The summed E-state index contributed by atoms with van der Waals surface area (Å²) in [7, 11) is 0. The van der Waals surface area contributed by atoms with E-state index in [2.05, 4.69) is 5.32 Å². The molecular weight excluding hydrogens is 344 g/mol. The summed E-state index contributed by atoms with van der Waals surface area (Å²) in [5.74, 6) is -1.95. The minimum absolute atomic E-state index is 0.0510. The highest BCUT2D eigenvalue weighted by atomic mass is 32.2. The lowest BCUT2D eigenvalue weighted by molar-refractivity contribution is -0.384. The van der Waals surface area contributed by atoms with Crippen molar-refractivity contribution in [3.8, 4) is 0 Å². The number of nitro groups is 1. The molecule has 8 heteroatoms. The number of nitro benzene ring substituents is 1. The zero-order valence-electron chi connectivity index (χ0n) is 14.4. The molecule has 2 unspecified atom stereocenters. The highest BCUT2D eigenvalue weighted by Gasteiger charge is 2.40. The highest BCUT2D eigenvalue weighted by Crippen LogP contribution is 2.42. The second-order valence-electron chi connectivity index (χ2n) is 6.09. The van der Waals surface area contributed by atoms with E-state index < -0.39 is 28.0 Å². The van der Waals surface area contributed by atoms with Gasteiger partial charge in [-0.15, -0.1) is 0 Å². The van der Waals surface area contributed by atoms with Gasteiger partial charge in [-0.25, -0.2) is 4.79 Å². The molecule has 0 saturated carbocycles. The van der Waals surface area contributed by atoms with Gasteiger partial charge in [0.25, 0.3) is 5.69 Å². The van der Waals surface area contributed by atoms with Crippen LogP contribution in [0.2, 0.25) is 0 Å². The fourth-order valence-corrected chi connectivity index (χ4v) is 4.26. The van der Waals surface area contributed by atoms with Gasteiger partial charge in [-0.3, -0.25) is 10.1 Å². The molecule has 25 heavy (non-hydrogen) atoms. The number of hydrogen-bond donors (Lipinski definition) is 2. The molecule has 0 amide bonds. The van der Waals surface area contributed by atoms with Gasteiger partial charge < -0.3 is 15.0 Å². The number of non-ortho nitro benzene ring substituents is 1. The Hall–Kier alpha value is -2.32. The first-order valence-corrected chi connectivity index (χ1v) is 8.93. The lowest BCUT2D eigenvalue weighted by atomic mass is 9.86. The van der Waals surface area contributed by atoms with Gasteiger partial charge in [0.1, 0.15) is 5.25 Å². The third-order valence-corrected chi connectivity index (χ3v) is 5.82. The van der Waals surface area contributed by atoms with Gasteiger partial charge in [0, 0.05) is 17.8 Å². The van der Waals surface area contributed by atoms with Crippen LogP contribution in [-0.4, -0.2) is 25.8 Å². The normalized spacial score (nSPS) is 19.0. The van der Waals surface area contributed by atoms with Crippen LogP contribution in [0.3, 0.4) is 0 Å². The number of benzene rings is 1. The molecule has 134 valence electrons. The predicted octanol–water partition coefficient (Wildman–Crippen LogP) is 3.03. The fraction of sp³-hybridized carbons (Fsp3) is 0.353. The molecule has 0 aromatic heterocycles. The van der Waals surface area contributed by atoms with E-state index in [0.717, 1.165) is 0 Å². The van der Waals surface area contributed by atoms with Crippen LogP contribution < -0.4 is 5.32 Å². The van der Waals surface area contributed by atoms with Crippen LogP contribution in [0.4, 0.5) is 5.69 Å². The monoisotopic (exact) mass is 364 g/mol. The summed E-state index contributed by atoms with van der Waals surface area (Å²) < 4.78 is 12.8. The van der Waals surface area contributed by atoms with Crippen molar-refractivity contribution in [2.75, 3.05) is 0 Å². The number of hydrogen-bond acceptors (Lipinski definition) is 5. The number of carboxylic acids is 1. The van der Waals surface area contributed by atoms with Crippen molar-refractivity contribution in [1.82, 2.24) is 5.32 Å². The van der Waals surface area contributed by atoms with E-state index in [-0.39, 0.29) is 16.5 Å². The Morgan fingerprint density at radius 3 is 2.48 bits per heavy atom. The maximum absolute atomic E-state index is 12.8. The first-order valence-electron chi connectivity index (χ1n) is 7.72. The lowest BCUT2D eigenvalue weighted by Crippen LogP contribution is -2.33. The standard InChI is InChI=1S/C17H20N2O5S/c1-9(2)25(24)16-11(4)18-10(3)14(17(20)21)15(16)12-6-5-7-13(8-12)19(22)23/h5-9,15,18H,1-4H3,(H,20,21). The van der Waals surface area contributed by atoms with E-state index in [1.165, 1.54) is 18.2 Å². The van der Waals surface area contributed by atoms with E-state index in [1.54, 1.807) is 33.8 Å². The van der Waals surface area contributed by atoms with E-state index in [0.29, 0.717) is 21.9 Å². The minimum atomic E-state index is -1.44. The van der Waals surface area contributed by atoms with Crippen molar-refractivity contribution in [2.24, 2.45) is 0 Å². The van der Waals surface area contributed by atoms with Crippen LogP contribution in [-0.2, 0) is 16.0 Å². The Labute approximate surface area is 148 Å². The van der Waals surface area contributed by atoms with Gasteiger partial charge in [-0.05, 0) is 44.4 Å². The smallest absolute Gasteiger partial charge is 0.334 e. The maximum Gasteiger partial charge on any atom is 0.334 e. The van der Waals surface area contributed by atoms with Crippen molar-refractivity contribution in [3.63, 3.8) is 0 Å². The number of aliphatic carboxylic acids is 1. The Morgan fingerprint density at radius 1 is 1.32 bits per heavy atom. The van der Waals surface area contributed by atoms with Crippen LogP contribution in [0.5, 0.6) is 0 Å². The largest absolute Gasteiger partial charge is 0.611 e. The molecular formula is C17H20N2O5S. The number of nitrogens with zero attached hydrogens (tertiary/aromatic N) is 1. The van der Waals surface area contributed by atoms with Gasteiger partial charge in [0.05, 0.1) is 22.1 Å². The second kappa shape index (κ2) is 7.28. The summed E-state index contributed by atoms with van der Waals surface area (Å²) in [6.07, 6.45) is 0. The quantitative estimate of drug-likeness (QED) is 0.471. The van der Waals surface area contributed by atoms with Gasteiger partial charge >= 0.3 is 5.97 Å². The number of dihydropyridines is 1. The molecule has 2 rings (SSSR count). The first-order chi connectivity index (χ1) is 11.6. The van der Waals surface area contributed by atoms with Crippen LogP contribution in [0.25, 0.3) is 0 Å². The van der Waals surface area contributed by atoms with Crippen molar-refractivity contribution in [1.29, 1.82) is 0 Å². The van der Waals surface area contributed by atoms with Crippen LogP contribution in [0.15, 0.2) is 46.1 Å². The van der Waals surface area contributed by atoms with Crippen LogP contribution in [0, 0.1) is 10.1 Å². The number of nitrogens with one attached hydrogen (secondary N) is 1. The lowest BCUT2D eigenvalue weighted by Gasteiger charge is -2.31. The summed E-state index contributed by atoms with van der Waals surface area (Å²) in [5.41, 5.74) is 1.41. The van der Waals surface area contributed by atoms with Crippen molar-refractivity contribution < 1.29 is 19.4 Å². The predicted molar refractivity (Wildman–Crippen MR) is 95.3 cm³/mol. The van der Waals surface area contributed by atoms with Gasteiger partial charge in [0.2, 0.25) is 0 Å². The zero-order valence-corrected chi connectivity index (χ0v) is 15.2. The summed E-state index contributed by atoms with van der Waals surface area (Å²) in [6, 6.07) is 5.83. The Morgan fingerprint density at radius 2 is 1.96 bits per heavy atom. The summed E-state index contributed by atoms with van der Waals surface area (Å²) >= 11 is -1.44. The zero-order chi connectivity index (χ0) is 18.9. The third kappa shape index (κ3) is 3.69. The van der Waals surface area contributed by atoms with Crippen LogP contribution in [0.1, 0.15) is 39.2 Å². The molecule has 1 heterocycles. The molecule has 0 radical (unpaired) electrons. The molecule has 7 nitrogen and oxygen atoms in total. The average molecular weight is 364 g/mol. The highest BCUT2D eigenvalue weighted by molar-refractivity contribution is 7.95. The van der Waals surface area contributed by atoms with E-state index in [4.69, 9.17) is 0 Å². The van der Waals surface area contributed by atoms with Crippen molar-refractivity contribution >= 4 is 22.8 Å². The summed E-state index contributed by atoms with van der Waals surface area (Å²) in [5, 5.41) is 23.6. The molecule has 1 aromatic carbocycles. The molecule has 2 N–H and O–H groups in total. The number of carbonyl (C=O) groups is 1. The van der Waals surface area contributed by atoms with E-state index >= 15 is 0 Å². The number of rotatable bonds is 5. The molecule has 2 atom stereocenters. The van der Waals surface area contributed by atoms with Crippen molar-refractivity contribution in [3.05, 3.63) is 61.8 Å². The Balaban J connectivity index is 2.71. The van der Waals surface area contributed by atoms with Gasteiger partial charge in [-0.2, -0.15) is 0 Å². The van der Waals surface area contributed by atoms with E-state index in [9.17, 15) is 24.6 Å². The average Bonchev–Trinajstić information content (AvgIpc) is 2.53. The first kappa shape index (κ1) is 19.0. The van der Waals surface area contributed by atoms with Gasteiger partial charge in [-0.1, -0.05) is 12.1 Å². The summed E-state index contributed by atoms with van der Waals surface area (Å²) in [4.78, 5) is 22.9. The summed E-state index contributed by atoms with van der Waals surface area (Å²) in [6.45, 7) is 6.94. The molecule has 0 saturated heterocycles. The second-order valence-corrected chi connectivity index (χ2v) is 8.07. The Kier molecular flexibility index (Phi) is 5.54. The molecule has 1 aromatic rings. The minimum Gasteiger partial charge on any atom is -0.611 e. The third-order valence-electron chi connectivity index (χ3n) is 3.99. The molecule has 1 aliphatic heterocycles. The number of carboxylic acid groups (broad SMARTS) is 1. The number of allylic oxidation sites excluding steroid dienone is 3. The molecule has 0 bridgehead atoms. The molecule has 1 aliphatic rings. The topological polar surface area (TPSA) is 116 Å². The van der Waals surface area contributed by atoms with Gasteiger partial charge in [0.15, 0.2) is 4.91 Å². The molecule has 0 aliphatic carbocycles. The van der Waals surface area contributed by atoms with E-state index in [1.807, 2.05) is 0 Å².